The van der Waals surface area contributed by atoms with Crippen LogP contribution in [0.4, 0.5) is 10.1 Å². The number of fused-ring (bicyclic) bond motifs is 2. The van der Waals surface area contributed by atoms with Gasteiger partial charge in [0, 0.05) is 44.3 Å². The minimum Gasteiger partial charge on any atom is -0.368 e. The van der Waals surface area contributed by atoms with E-state index < -0.39 is 0 Å². The molecule has 0 radical (unpaired) electrons. The van der Waals surface area contributed by atoms with Crippen molar-refractivity contribution >= 4 is 50.4 Å². The lowest BCUT2D eigenvalue weighted by atomic mass is 10.0. The molecular weight excluding hydrogens is 471 g/mol. The molecule has 36 heavy (non-hydrogen) atoms. The number of para-hydroxylation sites is 1. The molecular formula is C29H25FN4OS. The number of anilines is 1. The standard InChI is InChI=1S/C29H25FN4OS/c1-19-23(17-28-32-26-4-2-3-5-27(26)36-28)22-7-6-20(30)16-25(22)24(19)18-29(35)34-14-12-33(13-15-34)21-8-10-31-11-9-21/h2-11,16-17H,12-15,18H2,1H3/b23-17-. The smallest absolute Gasteiger partial charge is 0.227 e. The van der Waals surface area contributed by atoms with E-state index >= 15 is 0 Å². The van der Waals surface area contributed by atoms with Gasteiger partial charge in [-0.1, -0.05) is 18.2 Å². The Balaban J connectivity index is 1.26. The van der Waals surface area contributed by atoms with E-state index in [9.17, 15) is 9.18 Å². The lowest BCUT2D eigenvalue weighted by molar-refractivity contribution is -0.130. The van der Waals surface area contributed by atoms with Crippen molar-refractivity contribution in [3.63, 3.8) is 0 Å². The van der Waals surface area contributed by atoms with E-state index in [1.54, 1.807) is 29.8 Å². The van der Waals surface area contributed by atoms with Crippen molar-refractivity contribution < 1.29 is 9.18 Å². The third-order valence-electron chi connectivity index (χ3n) is 7.02. The fourth-order valence-corrected chi connectivity index (χ4v) is 6.00. The molecule has 1 fully saturated rings. The second kappa shape index (κ2) is 9.32. The molecule has 0 saturated carbocycles. The lowest BCUT2D eigenvalue weighted by Crippen LogP contribution is -2.48. The number of piperazine rings is 1. The van der Waals surface area contributed by atoms with E-state index in [1.807, 2.05) is 48.2 Å². The van der Waals surface area contributed by atoms with Crippen molar-refractivity contribution in [1.29, 1.82) is 0 Å². The third kappa shape index (κ3) is 4.20. The summed E-state index contributed by atoms with van der Waals surface area (Å²) in [4.78, 5) is 26.4. The van der Waals surface area contributed by atoms with Crippen LogP contribution in [0.15, 0.2) is 72.6 Å². The number of hydrogen-bond acceptors (Lipinski definition) is 5. The number of aromatic nitrogens is 2. The van der Waals surface area contributed by atoms with Gasteiger partial charge in [-0.15, -0.1) is 11.3 Å². The topological polar surface area (TPSA) is 49.3 Å². The van der Waals surface area contributed by atoms with Gasteiger partial charge in [0.15, 0.2) is 0 Å². The first-order valence-corrected chi connectivity index (χ1v) is 12.9. The molecule has 0 spiro atoms. The van der Waals surface area contributed by atoms with Gasteiger partial charge in [0.25, 0.3) is 0 Å². The normalized spacial score (nSPS) is 16.8. The van der Waals surface area contributed by atoms with Crippen LogP contribution in [0.2, 0.25) is 0 Å². The second-order valence-electron chi connectivity index (χ2n) is 9.12. The lowest BCUT2D eigenvalue weighted by Gasteiger charge is -2.36. The molecule has 2 aliphatic rings. The number of pyridine rings is 1. The van der Waals surface area contributed by atoms with E-state index in [0.29, 0.717) is 13.1 Å². The molecule has 3 heterocycles. The summed E-state index contributed by atoms with van der Waals surface area (Å²) in [7, 11) is 0. The number of carbonyl (C=O) groups is 1. The van der Waals surface area contributed by atoms with Crippen LogP contribution in [-0.2, 0) is 4.79 Å². The number of rotatable bonds is 4. The van der Waals surface area contributed by atoms with Crippen LogP contribution < -0.4 is 4.90 Å². The number of nitrogens with zero attached hydrogens (tertiary/aromatic N) is 4. The molecule has 1 saturated heterocycles. The maximum Gasteiger partial charge on any atom is 0.227 e. The highest BCUT2D eigenvalue weighted by atomic mass is 32.1. The number of benzene rings is 2. The molecule has 1 aliphatic heterocycles. The predicted molar refractivity (Wildman–Crippen MR) is 144 cm³/mol. The Labute approximate surface area is 213 Å². The van der Waals surface area contributed by atoms with Gasteiger partial charge in [0.1, 0.15) is 10.8 Å². The number of allylic oxidation sites excluding steroid dienone is 2. The molecule has 7 heteroatoms. The minimum absolute atomic E-state index is 0.0789. The van der Waals surface area contributed by atoms with Crippen molar-refractivity contribution in [2.24, 2.45) is 0 Å². The molecule has 0 N–H and O–H groups in total. The van der Waals surface area contributed by atoms with Crippen molar-refractivity contribution in [1.82, 2.24) is 14.9 Å². The Morgan fingerprint density at radius 3 is 2.58 bits per heavy atom. The Bertz CT molecular complexity index is 1480. The van der Waals surface area contributed by atoms with Crippen LogP contribution in [0, 0.1) is 5.82 Å². The molecule has 2 aromatic heterocycles. The average Bonchev–Trinajstić information content (AvgIpc) is 3.43. The number of carbonyl (C=O) groups excluding carboxylic acids is 1. The fraction of sp³-hybridized carbons (Fsp3) is 0.207. The fourth-order valence-electron chi connectivity index (χ4n) is 5.09. The van der Waals surface area contributed by atoms with Gasteiger partial charge in [0.05, 0.1) is 16.6 Å². The first-order chi connectivity index (χ1) is 17.6. The summed E-state index contributed by atoms with van der Waals surface area (Å²) in [5.41, 5.74) is 6.78. The zero-order valence-corrected chi connectivity index (χ0v) is 20.8. The summed E-state index contributed by atoms with van der Waals surface area (Å²) in [5.74, 6) is -0.214. The van der Waals surface area contributed by atoms with Crippen LogP contribution in [0.5, 0.6) is 0 Å². The molecule has 180 valence electrons. The Hall–Kier alpha value is -3.84. The summed E-state index contributed by atoms with van der Waals surface area (Å²) in [6.07, 6.45) is 5.91. The molecule has 0 unspecified atom stereocenters. The van der Waals surface area contributed by atoms with E-state index in [2.05, 4.69) is 22.0 Å². The number of amides is 1. The Morgan fingerprint density at radius 2 is 1.81 bits per heavy atom. The van der Waals surface area contributed by atoms with E-state index in [4.69, 9.17) is 4.98 Å². The van der Waals surface area contributed by atoms with Gasteiger partial charge in [0.2, 0.25) is 5.91 Å². The van der Waals surface area contributed by atoms with Crippen LogP contribution in [0.3, 0.4) is 0 Å². The molecule has 6 rings (SSSR count). The first-order valence-electron chi connectivity index (χ1n) is 12.1. The molecule has 0 bridgehead atoms. The second-order valence-corrected chi connectivity index (χ2v) is 10.2. The molecule has 0 atom stereocenters. The van der Waals surface area contributed by atoms with Crippen molar-refractivity contribution in [3.8, 4) is 0 Å². The first kappa shape index (κ1) is 22.6. The summed E-state index contributed by atoms with van der Waals surface area (Å²) >= 11 is 1.63. The Morgan fingerprint density at radius 1 is 1.03 bits per heavy atom. The molecule has 2 aromatic carbocycles. The number of thiazole rings is 1. The largest absolute Gasteiger partial charge is 0.368 e. The predicted octanol–water partition coefficient (Wildman–Crippen LogP) is 5.90. The van der Waals surface area contributed by atoms with Gasteiger partial charge >= 0.3 is 0 Å². The molecule has 1 amide bonds. The summed E-state index contributed by atoms with van der Waals surface area (Å²) in [5, 5.41) is 0.903. The SMILES string of the molecule is CC1=C(CC(=O)N2CCN(c3ccncc3)CC2)c2cc(F)ccc2/C1=C\c1nc2ccccc2s1. The summed E-state index contributed by atoms with van der Waals surface area (Å²) in [6.45, 7) is 4.92. The quantitative estimate of drug-likeness (QED) is 0.353. The monoisotopic (exact) mass is 496 g/mol. The summed E-state index contributed by atoms with van der Waals surface area (Å²) < 4.78 is 15.4. The van der Waals surface area contributed by atoms with Crippen molar-refractivity contribution in [3.05, 3.63) is 94.5 Å². The van der Waals surface area contributed by atoms with Crippen LogP contribution in [0.1, 0.15) is 29.5 Å². The maximum absolute atomic E-state index is 14.3. The highest BCUT2D eigenvalue weighted by molar-refractivity contribution is 7.19. The average molecular weight is 497 g/mol. The van der Waals surface area contributed by atoms with Crippen LogP contribution >= 0.6 is 11.3 Å². The van der Waals surface area contributed by atoms with Gasteiger partial charge in [-0.3, -0.25) is 9.78 Å². The van der Waals surface area contributed by atoms with Gasteiger partial charge < -0.3 is 9.80 Å². The highest BCUT2D eigenvalue weighted by Gasteiger charge is 2.29. The Kier molecular flexibility index (Phi) is 5.85. The zero-order valence-electron chi connectivity index (χ0n) is 19.9. The third-order valence-corrected chi connectivity index (χ3v) is 8.00. The van der Waals surface area contributed by atoms with E-state index in [1.165, 1.54) is 6.07 Å². The maximum atomic E-state index is 14.3. The zero-order chi connectivity index (χ0) is 24.6. The van der Waals surface area contributed by atoms with Crippen molar-refractivity contribution in [2.75, 3.05) is 31.1 Å². The number of halogens is 1. The van der Waals surface area contributed by atoms with Crippen molar-refractivity contribution in [2.45, 2.75) is 13.3 Å². The van der Waals surface area contributed by atoms with Gasteiger partial charge in [-0.25, -0.2) is 9.37 Å². The van der Waals surface area contributed by atoms with Gasteiger partial charge in [-0.2, -0.15) is 0 Å². The van der Waals surface area contributed by atoms with Crippen LogP contribution in [0.25, 0.3) is 27.4 Å². The molecule has 5 nitrogen and oxygen atoms in total. The minimum atomic E-state index is -0.293. The molecule has 1 aliphatic carbocycles. The van der Waals surface area contributed by atoms with E-state index in [-0.39, 0.29) is 18.1 Å². The van der Waals surface area contributed by atoms with E-state index in [0.717, 1.165) is 61.8 Å². The molecule has 4 aromatic rings. The highest BCUT2D eigenvalue weighted by Crippen LogP contribution is 2.44. The summed E-state index contributed by atoms with van der Waals surface area (Å²) in [6, 6.07) is 16.9. The van der Waals surface area contributed by atoms with Gasteiger partial charge in [-0.05, 0) is 77.2 Å². The van der Waals surface area contributed by atoms with Crippen LogP contribution in [-0.4, -0.2) is 47.0 Å². The number of hydrogen-bond donors (Lipinski definition) is 0.